The van der Waals surface area contributed by atoms with E-state index in [0.717, 1.165) is 16.5 Å². The number of rotatable bonds is 6. The van der Waals surface area contributed by atoms with Crippen LogP contribution < -0.4 is 5.32 Å². The quantitative estimate of drug-likeness (QED) is 0.769. The summed E-state index contributed by atoms with van der Waals surface area (Å²) in [7, 11) is 0. The Hall–Kier alpha value is -2.83. The number of benzene rings is 1. The Balaban J connectivity index is 2.05. The van der Waals surface area contributed by atoms with Crippen molar-refractivity contribution in [2.45, 2.75) is 45.8 Å². The third-order valence-corrected chi connectivity index (χ3v) is 3.51. The van der Waals surface area contributed by atoms with Gasteiger partial charge in [0.15, 0.2) is 6.61 Å². The number of carbonyl (C=O) groups excluding carboxylic acids is 3. The molecule has 1 amide bonds. The second-order valence-electron chi connectivity index (χ2n) is 7.01. The molecule has 0 unspecified atom stereocenters. The van der Waals surface area contributed by atoms with Crippen LogP contribution in [0.4, 0.5) is 0 Å². The summed E-state index contributed by atoms with van der Waals surface area (Å²) in [6.07, 6.45) is 2.04. The summed E-state index contributed by atoms with van der Waals surface area (Å²) in [6, 6.07) is 6.76. The third kappa shape index (κ3) is 5.61. The number of amides is 1. The van der Waals surface area contributed by atoms with Gasteiger partial charge in [-0.15, -0.1) is 0 Å². The van der Waals surface area contributed by atoms with Gasteiger partial charge in [0.1, 0.15) is 11.6 Å². The van der Waals surface area contributed by atoms with E-state index in [2.05, 4.69) is 10.3 Å². The van der Waals surface area contributed by atoms with Gasteiger partial charge in [0, 0.05) is 30.4 Å². The van der Waals surface area contributed by atoms with Crippen molar-refractivity contribution in [3.63, 3.8) is 0 Å². The van der Waals surface area contributed by atoms with Gasteiger partial charge in [0.25, 0.3) is 0 Å². The molecule has 2 aromatic rings. The SMILES string of the molecule is CC(=O)N[C@@H](Cc1c[nH]c2ccccc12)C(=O)OCC(=O)OC(C)(C)C. The molecule has 0 spiro atoms. The molecule has 0 aliphatic rings. The summed E-state index contributed by atoms with van der Waals surface area (Å²) in [5.74, 6) is -1.68. The van der Waals surface area contributed by atoms with Crippen LogP contribution in [0.15, 0.2) is 30.5 Å². The number of hydrogen-bond acceptors (Lipinski definition) is 5. The van der Waals surface area contributed by atoms with Crippen LogP contribution in [0, 0.1) is 0 Å². The van der Waals surface area contributed by atoms with Crippen molar-refractivity contribution < 1.29 is 23.9 Å². The summed E-state index contributed by atoms with van der Waals surface area (Å²) in [5, 5.41) is 3.54. The molecule has 0 saturated carbocycles. The first-order chi connectivity index (χ1) is 12.2. The smallest absolute Gasteiger partial charge is 0.344 e. The number of carbonyl (C=O) groups is 3. The summed E-state index contributed by atoms with van der Waals surface area (Å²) in [5.41, 5.74) is 1.14. The van der Waals surface area contributed by atoms with Crippen molar-refractivity contribution in [2.24, 2.45) is 0 Å². The van der Waals surface area contributed by atoms with Crippen molar-refractivity contribution in [1.82, 2.24) is 10.3 Å². The molecule has 140 valence electrons. The minimum Gasteiger partial charge on any atom is -0.457 e. The Morgan fingerprint density at radius 1 is 1.19 bits per heavy atom. The van der Waals surface area contributed by atoms with Crippen LogP contribution in [0.25, 0.3) is 10.9 Å². The molecule has 2 N–H and O–H groups in total. The predicted octanol–water partition coefficient (Wildman–Crippen LogP) is 2.10. The van der Waals surface area contributed by atoms with Crippen molar-refractivity contribution in [1.29, 1.82) is 0 Å². The third-order valence-electron chi connectivity index (χ3n) is 3.51. The van der Waals surface area contributed by atoms with E-state index < -0.39 is 30.2 Å². The zero-order valence-corrected chi connectivity index (χ0v) is 15.4. The first-order valence-corrected chi connectivity index (χ1v) is 8.36. The second-order valence-corrected chi connectivity index (χ2v) is 7.01. The van der Waals surface area contributed by atoms with Gasteiger partial charge in [0.05, 0.1) is 0 Å². The van der Waals surface area contributed by atoms with E-state index in [1.165, 1.54) is 6.92 Å². The fourth-order valence-corrected chi connectivity index (χ4v) is 2.56. The monoisotopic (exact) mass is 360 g/mol. The van der Waals surface area contributed by atoms with E-state index in [9.17, 15) is 14.4 Å². The largest absolute Gasteiger partial charge is 0.457 e. The lowest BCUT2D eigenvalue weighted by atomic mass is 10.0. The van der Waals surface area contributed by atoms with Crippen LogP contribution in [0.3, 0.4) is 0 Å². The lowest BCUT2D eigenvalue weighted by molar-refractivity contribution is -0.167. The fraction of sp³-hybridized carbons (Fsp3) is 0.421. The molecule has 26 heavy (non-hydrogen) atoms. The van der Waals surface area contributed by atoms with Crippen molar-refractivity contribution in [3.05, 3.63) is 36.0 Å². The highest BCUT2D eigenvalue weighted by Gasteiger charge is 2.25. The normalized spacial score (nSPS) is 12.5. The fourth-order valence-electron chi connectivity index (χ4n) is 2.56. The molecule has 7 nitrogen and oxygen atoms in total. The summed E-state index contributed by atoms with van der Waals surface area (Å²) >= 11 is 0. The van der Waals surface area contributed by atoms with Crippen molar-refractivity contribution in [3.8, 4) is 0 Å². The topological polar surface area (TPSA) is 97.5 Å². The number of aromatic amines is 1. The minimum atomic E-state index is -0.894. The molecule has 7 heteroatoms. The Labute approximate surface area is 152 Å². The van der Waals surface area contributed by atoms with Gasteiger partial charge in [-0.2, -0.15) is 0 Å². The van der Waals surface area contributed by atoms with E-state index in [1.54, 1.807) is 27.0 Å². The minimum absolute atomic E-state index is 0.247. The van der Waals surface area contributed by atoms with Gasteiger partial charge >= 0.3 is 11.9 Å². The van der Waals surface area contributed by atoms with Gasteiger partial charge in [0.2, 0.25) is 5.91 Å². The average Bonchev–Trinajstić information content (AvgIpc) is 2.93. The summed E-state index contributed by atoms with van der Waals surface area (Å²) < 4.78 is 10.1. The van der Waals surface area contributed by atoms with Gasteiger partial charge in [-0.05, 0) is 32.4 Å². The van der Waals surface area contributed by atoms with Crippen LogP contribution in [0.1, 0.15) is 33.3 Å². The van der Waals surface area contributed by atoms with Crippen LogP contribution in [-0.4, -0.2) is 41.1 Å². The summed E-state index contributed by atoms with van der Waals surface area (Å²) in [4.78, 5) is 38.6. The predicted molar refractivity (Wildman–Crippen MR) is 96.4 cm³/mol. The Morgan fingerprint density at radius 3 is 2.54 bits per heavy atom. The maximum Gasteiger partial charge on any atom is 0.344 e. The average molecular weight is 360 g/mol. The molecule has 1 heterocycles. The van der Waals surface area contributed by atoms with E-state index in [4.69, 9.17) is 9.47 Å². The molecule has 1 aromatic heterocycles. The van der Waals surface area contributed by atoms with Crippen molar-refractivity contribution in [2.75, 3.05) is 6.61 Å². The zero-order chi connectivity index (χ0) is 19.3. The van der Waals surface area contributed by atoms with Crippen LogP contribution in [-0.2, 0) is 30.3 Å². The van der Waals surface area contributed by atoms with Gasteiger partial charge in [-0.3, -0.25) is 4.79 Å². The molecule has 0 saturated heterocycles. The zero-order valence-electron chi connectivity index (χ0n) is 15.4. The lowest BCUT2D eigenvalue weighted by Gasteiger charge is -2.20. The van der Waals surface area contributed by atoms with E-state index in [-0.39, 0.29) is 12.3 Å². The van der Waals surface area contributed by atoms with Gasteiger partial charge < -0.3 is 19.8 Å². The molecule has 0 aliphatic carbocycles. The highest BCUT2D eigenvalue weighted by atomic mass is 16.6. The number of para-hydroxylation sites is 1. The number of H-pyrrole nitrogens is 1. The van der Waals surface area contributed by atoms with E-state index >= 15 is 0 Å². The van der Waals surface area contributed by atoms with E-state index in [1.807, 2.05) is 24.3 Å². The molecule has 0 aliphatic heterocycles. The molecule has 0 bridgehead atoms. The maximum absolute atomic E-state index is 12.4. The number of aromatic nitrogens is 1. The lowest BCUT2D eigenvalue weighted by Crippen LogP contribution is -2.43. The number of nitrogens with one attached hydrogen (secondary N) is 2. The molecular weight excluding hydrogens is 336 g/mol. The van der Waals surface area contributed by atoms with Crippen molar-refractivity contribution >= 4 is 28.7 Å². The number of hydrogen-bond donors (Lipinski definition) is 2. The van der Waals surface area contributed by atoms with E-state index in [0.29, 0.717) is 0 Å². The first kappa shape index (κ1) is 19.5. The Morgan fingerprint density at radius 2 is 1.88 bits per heavy atom. The molecule has 0 radical (unpaired) electrons. The standard InChI is InChI=1S/C19H24N2O5/c1-12(22)21-16(18(24)25-11-17(23)26-19(2,3)4)9-13-10-20-15-8-6-5-7-14(13)15/h5-8,10,16,20H,9,11H2,1-4H3,(H,21,22)/t16-/m0/s1. The Bertz CT molecular complexity index is 804. The molecule has 2 rings (SSSR count). The number of fused-ring (bicyclic) bond motifs is 1. The molecular formula is C19H24N2O5. The molecule has 1 atom stereocenters. The molecule has 0 fully saturated rings. The van der Waals surface area contributed by atoms with Gasteiger partial charge in [-0.1, -0.05) is 18.2 Å². The number of ether oxygens (including phenoxy) is 2. The first-order valence-electron chi connectivity index (χ1n) is 8.36. The highest BCUT2D eigenvalue weighted by molar-refractivity contribution is 5.87. The van der Waals surface area contributed by atoms with Crippen LogP contribution >= 0.6 is 0 Å². The number of esters is 2. The van der Waals surface area contributed by atoms with Crippen LogP contribution in [0.5, 0.6) is 0 Å². The maximum atomic E-state index is 12.4. The Kier molecular flexibility index (Phi) is 6.02. The second kappa shape index (κ2) is 8.03. The highest BCUT2D eigenvalue weighted by Crippen LogP contribution is 2.19. The van der Waals surface area contributed by atoms with Gasteiger partial charge in [-0.25, -0.2) is 9.59 Å². The summed E-state index contributed by atoms with van der Waals surface area (Å²) in [6.45, 7) is 6.00. The van der Waals surface area contributed by atoms with Crippen LogP contribution in [0.2, 0.25) is 0 Å². The molecule has 1 aromatic carbocycles.